The van der Waals surface area contributed by atoms with Gasteiger partial charge in [0.2, 0.25) is 0 Å². The van der Waals surface area contributed by atoms with Crippen molar-refractivity contribution in [2.45, 2.75) is 13.3 Å². The van der Waals surface area contributed by atoms with Crippen LogP contribution in [0.2, 0.25) is 0 Å². The standard InChI is InChI=1S/C11H16N2O/c1-3-5-13-10-7-11(9-12-8-10)14-6-4-2/h4,7-9,13H,2-3,5-6H2,1H3. The molecule has 1 rings (SSSR count). The van der Waals surface area contributed by atoms with E-state index in [9.17, 15) is 0 Å². The molecule has 0 saturated carbocycles. The van der Waals surface area contributed by atoms with Gasteiger partial charge in [0.15, 0.2) is 0 Å². The molecule has 0 bridgehead atoms. The van der Waals surface area contributed by atoms with Gasteiger partial charge in [0.05, 0.1) is 18.1 Å². The first-order valence-electron chi connectivity index (χ1n) is 4.79. The minimum Gasteiger partial charge on any atom is -0.488 e. The van der Waals surface area contributed by atoms with Crippen LogP contribution in [0.25, 0.3) is 0 Å². The number of hydrogen-bond acceptors (Lipinski definition) is 3. The number of ether oxygens (including phenoxy) is 1. The van der Waals surface area contributed by atoms with Gasteiger partial charge in [-0.25, -0.2) is 0 Å². The maximum atomic E-state index is 5.36. The molecule has 0 saturated heterocycles. The molecule has 0 atom stereocenters. The van der Waals surface area contributed by atoms with Gasteiger partial charge >= 0.3 is 0 Å². The molecule has 3 heteroatoms. The predicted molar refractivity (Wildman–Crippen MR) is 58.7 cm³/mol. The highest BCUT2D eigenvalue weighted by Gasteiger charge is 1.95. The molecule has 0 radical (unpaired) electrons. The average molecular weight is 192 g/mol. The van der Waals surface area contributed by atoms with Crippen LogP contribution in [0.5, 0.6) is 5.75 Å². The Morgan fingerprint density at radius 2 is 2.43 bits per heavy atom. The summed E-state index contributed by atoms with van der Waals surface area (Å²) in [5.74, 6) is 0.769. The molecule has 0 spiro atoms. The van der Waals surface area contributed by atoms with Gasteiger partial charge < -0.3 is 10.1 Å². The monoisotopic (exact) mass is 192 g/mol. The van der Waals surface area contributed by atoms with E-state index in [2.05, 4.69) is 23.8 Å². The van der Waals surface area contributed by atoms with Crippen LogP contribution >= 0.6 is 0 Å². The average Bonchev–Trinajstić information content (AvgIpc) is 2.24. The van der Waals surface area contributed by atoms with Crippen LogP contribution in [-0.4, -0.2) is 18.1 Å². The second kappa shape index (κ2) is 6.02. The zero-order valence-electron chi connectivity index (χ0n) is 8.49. The summed E-state index contributed by atoms with van der Waals surface area (Å²) in [4.78, 5) is 4.07. The number of pyridine rings is 1. The van der Waals surface area contributed by atoms with Gasteiger partial charge in [-0.2, -0.15) is 0 Å². The number of hydrogen-bond donors (Lipinski definition) is 1. The first-order chi connectivity index (χ1) is 6.86. The highest BCUT2D eigenvalue weighted by Crippen LogP contribution is 2.14. The Morgan fingerprint density at radius 1 is 1.57 bits per heavy atom. The molecule has 1 N–H and O–H groups in total. The topological polar surface area (TPSA) is 34.1 Å². The summed E-state index contributed by atoms with van der Waals surface area (Å²) in [6, 6.07) is 1.94. The van der Waals surface area contributed by atoms with Gasteiger partial charge in [-0.05, 0) is 6.42 Å². The number of rotatable bonds is 6. The minimum atomic E-state index is 0.513. The lowest BCUT2D eigenvalue weighted by Crippen LogP contribution is -2.01. The lowest BCUT2D eigenvalue weighted by molar-refractivity contribution is 0.362. The van der Waals surface area contributed by atoms with Crippen molar-refractivity contribution in [2.24, 2.45) is 0 Å². The van der Waals surface area contributed by atoms with Crippen molar-refractivity contribution in [3.05, 3.63) is 31.1 Å². The van der Waals surface area contributed by atoms with Gasteiger partial charge in [0.25, 0.3) is 0 Å². The van der Waals surface area contributed by atoms with Crippen LogP contribution in [0.15, 0.2) is 31.1 Å². The second-order valence-corrected chi connectivity index (χ2v) is 2.94. The van der Waals surface area contributed by atoms with E-state index >= 15 is 0 Å². The SMILES string of the molecule is C=CCOc1cncc(NCCC)c1. The number of anilines is 1. The molecule has 0 aromatic carbocycles. The molecule has 1 aromatic rings. The van der Waals surface area contributed by atoms with Crippen molar-refractivity contribution in [2.75, 3.05) is 18.5 Å². The maximum absolute atomic E-state index is 5.36. The van der Waals surface area contributed by atoms with Crippen LogP contribution in [0.3, 0.4) is 0 Å². The quantitative estimate of drug-likeness (QED) is 0.703. The third kappa shape index (κ3) is 3.47. The van der Waals surface area contributed by atoms with Crippen LogP contribution in [0, 0.1) is 0 Å². The fourth-order valence-electron chi connectivity index (χ4n) is 1.02. The molecule has 0 aliphatic heterocycles. The van der Waals surface area contributed by atoms with E-state index in [1.807, 2.05) is 6.07 Å². The predicted octanol–water partition coefficient (Wildman–Crippen LogP) is 2.47. The first kappa shape index (κ1) is 10.6. The number of nitrogens with one attached hydrogen (secondary N) is 1. The number of nitrogens with zero attached hydrogens (tertiary/aromatic N) is 1. The Hall–Kier alpha value is -1.51. The van der Waals surface area contributed by atoms with E-state index in [0.29, 0.717) is 6.61 Å². The fraction of sp³-hybridized carbons (Fsp3) is 0.364. The van der Waals surface area contributed by atoms with Crippen molar-refractivity contribution in [1.82, 2.24) is 4.98 Å². The van der Waals surface area contributed by atoms with Gasteiger partial charge in [-0.1, -0.05) is 19.6 Å². The van der Waals surface area contributed by atoms with E-state index < -0.39 is 0 Å². The Labute approximate surface area is 84.8 Å². The summed E-state index contributed by atoms with van der Waals surface area (Å²) in [7, 11) is 0. The van der Waals surface area contributed by atoms with Crippen molar-refractivity contribution in [3.8, 4) is 5.75 Å². The summed E-state index contributed by atoms with van der Waals surface area (Å²) in [5.41, 5.74) is 0.994. The van der Waals surface area contributed by atoms with Crippen LogP contribution in [0.1, 0.15) is 13.3 Å². The second-order valence-electron chi connectivity index (χ2n) is 2.94. The zero-order valence-corrected chi connectivity index (χ0v) is 8.49. The Bertz CT molecular complexity index is 286. The number of aromatic nitrogens is 1. The van der Waals surface area contributed by atoms with E-state index in [-0.39, 0.29) is 0 Å². The fourth-order valence-corrected chi connectivity index (χ4v) is 1.02. The highest BCUT2D eigenvalue weighted by molar-refractivity contribution is 5.45. The minimum absolute atomic E-state index is 0.513. The molecule has 0 amide bonds. The summed E-state index contributed by atoms with van der Waals surface area (Å²) in [6.45, 7) is 7.17. The summed E-state index contributed by atoms with van der Waals surface area (Å²) >= 11 is 0. The Kier molecular flexibility index (Phi) is 4.55. The van der Waals surface area contributed by atoms with Crippen LogP contribution in [-0.2, 0) is 0 Å². The van der Waals surface area contributed by atoms with Gasteiger partial charge in [-0.15, -0.1) is 0 Å². The lowest BCUT2D eigenvalue weighted by atomic mass is 10.4. The van der Waals surface area contributed by atoms with Gasteiger partial charge in [-0.3, -0.25) is 4.98 Å². The van der Waals surface area contributed by atoms with Gasteiger partial charge in [0.1, 0.15) is 12.4 Å². The Morgan fingerprint density at radius 3 is 3.14 bits per heavy atom. The zero-order chi connectivity index (χ0) is 10.2. The largest absolute Gasteiger partial charge is 0.488 e. The molecule has 14 heavy (non-hydrogen) atoms. The summed E-state index contributed by atoms with van der Waals surface area (Å²) in [6.07, 6.45) is 6.29. The van der Waals surface area contributed by atoms with Gasteiger partial charge in [0, 0.05) is 12.6 Å². The van der Waals surface area contributed by atoms with Crippen molar-refractivity contribution in [1.29, 1.82) is 0 Å². The molecule has 3 nitrogen and oxygen atoms in total. The van der Waals surface area contributed by atoms with E-state index in [0.717, 1.165) is 24.4 Å². The molecule has 0 fully saturated rings. The highest BCUT2D eigenvalue weighted by atomic mass is 16.5. The molecular weight excluding hydrogens is 176 g/mol. The molecular formula is C11H16N2O. The molecule has 76 valence electrons. The van der Waals surface area contributed by atoms with E-state index in [1.54, 1.807) is 18.5 Å². The molecule has 0 aliphatic carbocycles. The lowest BCUT2D eigenvalue weighted by Gasteiger charge is -2.06. The normalized spacial score (nSPS) is 9.50. The molecule has 0 unspecified atom stereocenters. The van der Waals surface area contributed by atoms with Crippen LogP contribution in [0.4, 0.5) is 5.69 Å². The Balaban J connectivity index is 2.54. The maximum Gasteiger partial charge on any atom is 0.140 e. The van der Waals surface area contributed by atoms with E-state index in [4.69, 9.17) is 4.74 Å². The smallest absolute Gasteiger partial charge is 0.140 e. The summed E-state index contributed by atoms with van der Waals surface area (Å²) < 4.78 is 5.36. The third-order valence-electron chi connectivity index (χ3n) is 1.66. The van der Waals surface area contributed by atoms with Crippen molar-refractivity contribution in [3.63, 3.8) is 0 Å². The first-order valence-corrected chi connectivity index (χ1v) is 4.79. The molecule has 0 aliphatic rings. The van der Waals surface area contributed by atoms with Crippen molar-refractivity contribution < 1.29 is 4.74 Å². The molecule has 1 aromatic heterocycles. The third-order valence-corrected chi connectivity index (χ3v) is 1.66. The van der Waals surface area contributed by atoms with Crippen LogP contribution < -0.4 is 10.1 Å². The summed E-state index contributed by atoms with van der Waals surface area (Å²) in [5, 5.41) is 3.24. The van der Waals surface area contributed by atoms with E-state index in [1.165, 1.54) is 0 Å². The molecule has 1 heterocycles. The van der Waals surface area contributed by atoms with Crippen molar-refractivity contribution >= 4 is 5.69 Å².